The van der Waals surface area contributed by atoms with Gasteiger partial charge in [-0.3, -0.25) is 5.43 Å². The van der Waals surface area contributed by atoms with Gasteiger partial charge in [0, 0.05) is 5.69 Å². The molecule has 1 aliphatic rings. The number of anilines is 1. The van der Waals surface area contributed by atoms with Crippen LogP contribution < -0.4 is 15.5 Å². The maximum atomic E-state index is 5.39. The van der Waals surface area contributed by atoms with Crippen LogP contribution in [0.1, 0.15) is 26.7 Å². The highest BCUT2D eigenvalue weighted by molar-refractivity contribution is 7.80. The molecule has 0 atom stereocenters. The van der Waals surface area contributed by atoms with E-state index in [0.717, 1.165) is 30.0 Å². The third-order valence-corrected chi connectivity index (χ3v) is 3.11. The highest BCUT2D eigenvalue weighted by atomic mass is 32.1. The average molecular weight is 289 g/mol. The molecule has 0 saturated carbocycles. The molecule has 1 aliphatic carbocycles. The van der Waals surface area contributed by atoms with Gasteiger partial charge in [-0.1, -0.05) is 5.57 Å². The number of allylic oxidation sites excluding steroid dienone is 2. The Kier molecular flexibility index (Phi) is 5.12. The number of hydrazone groups is 1. The topological polar surface area (TPSA) is 45.6 Å². The van der Waals surface area contributed by atoms with Gasteiger partial charge in [-0.05, 0) is 69.2 Å². The maximum absolute atomic E-state index is 5.39. The molecule has 4 nitrogen and oxygen atoms in total. The Labute approximate surface area is 124 Å². The lowest BCUT2D eigenvalue weighted by atomic mass is 10.3. The van der Waals surface area contributed by atoms with Crippen molar-refractivity contribution in [3.05, 3.63) is 35.9 Å². The van der Waals surface area contributed by atoms with Crippen molar-refractivity contribution >= 4 is 28.7 Å². The van der Waals surface area contributed by atoms with Crippen molar-refractivity contribution in [2.45, 2.75) is 26.7 Å². The molecule has 0 radical (unpaired) electrons. The van der Waals surface area contributed by atoms with Crippen molar-refractivity contribution in [1.82, 2.24) is 5.43 Å². The van der Waals surface area contributed by atoms with Crippen LogP contribution in [0.15, 0.2) is 41.0 Å². The molecule has 0 spiro atoms. The molecule has 0 heterocycles. The molecule has 106 valence electrons. The van der Waals surface area contributed by atoms with E-state index in [1.165, 1.54) is 5.57 Å². The molecule has 1 aromatic carbocycles. The van der Waals surface area contributed by atoms with E-state index in [1.807, 2.05) is 31.2 Å². The summed E-state index contributed by atoms with van der Waals surface area (Å²) in [6.07, 6.45) is 4.15. The Bertz CT molecular complexity index is 535. The van der Waals surface area contributed by atoms with Crippen molar-refractivity contribution in [2.24, 2.45) is 5.10 Å². The molecule has 2 N–H and O–H groups in total. The average Bonchev–Trinajstić information content (AvgIpc) is 2.85. The lowest BCUT2D eigenvalue weighted by Gasteiger charge is -2.08. The first-order chi connectivity index (χ1) is 9.67. The molecule has 0 aliphatic heterocycles. The van der Waals surface area contributed by atoms with Crippen LogP contribution in [0.5, 0.6) is 5.75 Å². The van der Waals surface area contributed by atoms with Gasteiger partial charge in [-0.25, -0.2) is 0 Å². The number of rotatable bonds is 4. The largest absolute Gasteiger partial charge is 0.494 e. The zero-order chi connectivity index (χ0) is 14.4. The summed E-state index contributed by atoms with van der Waals surface area (Å²) < 4.78 is 5.39. The predicted octanol–water partition coefficient (Wildman–Crippen LogP) is 3.47. The van der Waals surface area contributed by atoms with E-state index in [-0.39, 0.29) is 0 Å². The Balaban J connectivity index is 1.85. The van der Waals surface area contributed by atoms with E-state index in [2.05, 4.69) is 28.8 Å². The second-order valence-electron chi connectivity index (χ2n) is 4.62. The van der Waals surface area contributed by atoms with Gasteiger partial charge in [0.1, 0.15) is 5.75 Å². The van der Waals surface area contributed by atoms with Gasteiger partial charge in [0.25, 0.3) is 0 Å². The molecule has 2 rings (SSSR count). The van der Waals surface area contributed by atoms with Crippen molar-refractivity contribution in [3.63, 3.8) is 0 Å². The molecule has 0 aromatic heterocycles. The van der Waals surface area contributed by atoms with Crippen molar-refractivity contribution < 1.29 is 4.74 Å². The second kappa shape index (κ2) is 7.05. The van der Waals surface area contributed by atoms with Gasteiger partial charge in [-0.15, -0.1) is 0 Å². The van der Waals surface area contributed by atoms with Gasteiger partial charge >= 0.3 is 0 Å². The van der Waals surface area contributed by atoms with Crippen LogP contribution in [0, 0.1) is 0 Å². The summed E-state index contributed by atoms with van der Waals surface area (Å²) >= 11 is 5.20. The highest BCUT2D eigenvalue weighted by Gasteiger charge is 2.06. The first-order valence-corrected chi connectivity index (χ1v) is 7.12. The van der Waals surface area contributed by atoms with Crippen LogP contribution in [0.3, 0.4) is 0 Å². The molecule has 5 heteroatoms. The van der Waals surface area contributed by atoms with Crippen LogP contribution >= 0.6 is 12.2 Å². The summed E-state index contributed by atoms with van der Waals surface area (Å²) in [4.78, 5) is 0. The van der Waals surface area contributed by atoms with E-state index >= 15 is 0 Å². The third kappa shape index (κ3) is 4.35. The molecular weight excluding hydrogens is 270 g/mol. The quantitative estimate of drug-likeness (QED) is 0.658. The highest BCUT2D eigenvalue weighted by Crippen LogP contribution is 2.16. The van der Waals surface area contributed by atoms with Crippen molar-refractivity contribution in [2.75, 3.05) is 11.9 Å². The van der Waals surface area contributed by atoms with Gasteiger partial charge < -0.3 is 10.1 Å². The smallest absolute Gasteiger partial charge is 0.191 e. The van der Waals surface area contributed by atoms with Gasteiger partial charge in [0.2, 0.25) is 0 Å². The molecule has 0 amide bonds. The fourth-order valence-corrected chi connectivity index (χ4v) is 2.09. The lowest BCUT2D eigenvalue weighted by molar-refractivity contribution is 0.340. The minimum Gasteiger partial charge on any atom is -0.494 e. The molecule has 1 aromatic rings. The summed E-state index contributed by atoms with van der Waals surface area (Å²) in [6.45, 7) is 4.74. The van der Waals surface area contributed by atoms with E-state index < -0.39 is 0 Å². The van der Waals surface area contributed by atoms with Crippen LogP contribution in [0.25, 0.3) is 0 Å². The number of benzene rings is 1. The van der Waals surface area contributed by atoms with Gasteiger partial charge in [-0.2, -0.15) is 5.10 Å². The fraction of sp³-hybridized carbons (Fsp3) is 0.333. The van der Waals surface area contributed by atoms with Gasteiger partial charge in [0.05, 0.1) is 12.3 Å². The summed E-state index contributed by atoms with van der Waals surface area (Å²) in [5.74, 6) is 0.851. The van der Waals surface area contributed by atoms with Crippen LogP contribution in [-0.2, 0) is 0 Å². The minimum absolute atomic E-state index is 0.486. The van der Waals surface area contributed by atoms with E-state index in [4.69, 9.17) is 17.0 Å². The maximum Gasteiger partial charge on any atom is 0.191 e. The number of nitrogens with zero attached hydrogens (tertiary/aromatic N) is 1. The number of hydrogen-bond acceptors (Lipinski definition) is 3. The van der Waals surface area contributed by atoms with E-state index in [0.29, 0.717) is 11.7 Å². The summed E-state index contributed by atoms with van der Waals surface area (Å²) in [6, 6.07) is 7.66. The third-order valence-electron chi connectivity index (χ3n) is 2.91. The molecular formula is C15H19N3OS. The first kappa shape index (κ1) is 14.5. The number of hydrogen-bond donors (Lipinski definition) is 2. The lowest BCUT2D eigenvalue weighted by Crippen LogP contribution is -2.24. The summed E-state index contributed by atoms with van der Waals surface area (Å²) in [5.41, 5.74) is 6.17. The summed E-state index contributed by atoms with van der Waals surface area (Å²) in [5, 5.41) is 7.85. The zero-order valence-electron chi connectivity index (χ0n) is 11.8. The standard InChI is InChI=1S/C15H19N3OS/c1-3-19-14-8-6-12(7-9-14)16-15(20)18-17-13-5-4-11(2)10-13/h6-10H,3-5H2,1-2H3,(H2,16,18,20)/b17-13-. The Morgan fingerprint density at radius 1 is 1.30 bits per heavy atom. The van der Waals surface area contributed by atoms with Crippen LogP contribution in [0.4, 0.5) is 5.69 Å². The molecule has 0 bridgehead atoms. The number of nitrogens with one attached hydrogen (secondary N) is 2. The fourth-order valence-electron chi connectivity index (χ4n) is 1.92. The first-order valence-electron chi connectivity index (χ1n) is 6.71. The molecule has 0 fully saturated rings. The van der Waals surface area contributed by atoms with E-state index in [1.54, 1.807) is 0 Å². The van der Waals surface area contributed by atoms with Crippen LogP contribution in [-0.4, -0.2) is 17.4 Å². The molecule has 20 heavy (non-hydrogen) atoms. The number of ether oxygens (including phenoxy) is 1. The zero-order valence-corrected chi connectivity index (χ0v) is 12.6. The monoisotopic (exact) mass is 289 g/mol. The Morgan fingerprint density at radius 2 is 2.05 bits per heavy atom. The number of thiocarbonyl (C=S) groups is 1. The summed E-state index contributed by atoms with van der Waals surface area (Å²) in [7, 11) is 0. The molecule has 0 saturated heterocycles. The molecule has 0 unspecified atom stereocenters. The second-order valence-corrected chi connectivity index (χ2v) is 5.03. The van der Waals surface area contributed by atoms with Gasteiger partial charge in [0.15, 0.2) is 5.11 Å². The predicted molar refractivity (Wildman–Crippen MR) is 87.4 cm³/mol. The minimum atomic E-state index is 0.486. The Morgan fingerprint density at radius 3 is 2.65 bits per heavy atom. The SMILES string of the molecule is CCOc1ccc(NC(=S)N/N=C2\C=C(C)CC2)cc1. The van der Waals surface area contributed by atoms with E-state index in [9.17, 15) is 0 Å². The van der Waals surface area contributed by atoms with Crippen molar-refractivity contribution in [3.8, 4) is 5.75 Å². The van der Waals surface area contributed by atoms with Crippen LogP contribution in [0.2, 0.25) is 0 Å². The normalized spacial score (nSPS) is 15.9. The van der Waals surface area contributed by atoms with Crippen molar-refractivity contribution in [1.29, 1.82) is 0 Å². The Hall–Kier alpha value is -1.88.